The Morgan fingerprint density at radius 2 is 1.94 bits per heavy atom. The summed E-state index contributed by atoms with van der Waals surface area (Å²) in [5, 5.41) is 11.7. The molecule has 0 saturated heterocycles. The van der Waals surface area contributed by atoms with Crippen molar-refractivity contribution in [2.24, 2.45) is 5.41 Å². The minimum atomic E-state index is -0.984. The zero-order valence-electron chi connectivity index (χ0n) is 10.4. The van der Waals surface area contributed by atoms with E-state index in [1.165, 1.54) is 18.9 Å². The van der Waals surface area contributed by atoms with Crippen LogP contribution in [0, 0.1) is 5.41 Å². The van der Waals surface area contributed by atoms with Gasteiger partial charge in [0.25, 0.3) is 5.91 Å². The van der Waals surface area contributed by atoms with Gasteiger partial charge in [-0.2, -0.15) is 0 Å². The lowest BCUT2D eigenvalue weighted by molar-refractivity contribution is 0.0702. The van der Waals surface area contributed by atoms with E-state index in [1.54, 1.807) is 6.07 Å². The Labute approximate surface area is 110 Å². The maximum atomic E-state index is 11.9. The molecule has 1 aliphatic rings. The van der Waals surface area contributed by atoms with Gasteiger partial charge in [0, 0.05) is 6.54 Å². The summed E-state index contributed by atoms with van der Waals surface area (Å²) >= 11 is 1.02. The monoisotopic (exact) mass is 267 g/mol. The van der Waals surface area contributed by atoms with Crippen LogP contribution in [0.25, 0.3) is 0 Å². The van der Waals surface area contributed by atoms with E-state index in [0.717, 1.165) is 24.2 Å². The normalized spacial score (nSPS) is 17.6. The van der Waals surface area contributed by atoms with Gasteiger partial charge in [-0.05, 0) is 30.4 Å². The topological polar surface area (TPSA) is 66.4 Å². The first-order chi connectivity index (χ1) is 8.50. The number of nitrogens with one attached hydrogen (secondary N) is 1. The molecule has 1 fully saturated rings. The lowest BCUT2D eigenvalue weighted by Crippen LogP contribution is -2.33. The number of carbonyl (C=O) groups excluding carboxylic acids is 1. The molecule has 0 aromatic carbocycles. The Morgan fingerprint density at radius 1 is 1.33 bits per heavy atom. The van der Waals surface area contributed by atoms with Crippen LogP contribution in [-0.4, -0.2) is 23.5 Å². The fourth-order valence-corrected chi connectivity index (χ4v) is 3.12. The summed E-state index contributed by atoms with van der Waals surface area (Å²) in [7, 11) is 0. The maximum Gasteiger partial charge on any atom is 0.345 e. The van der Waals surface area contributed by atoms with Crippen LogP contribution >= 0.6 is 11.3 Å². The van der Waals surface area contributed by atoms with Gasteiger partial charge in [-0.3, -0.25) is 4.79 Å². The lowest BCUT2D eigenvalue weighted by atomic mass is 9.89. The summed E-state index contributed by atoms with van der Waals surface area (Å²) in [6.07, 6.45) is 4.76. The van der Waals surface area contributed by atoms with E-state index >= 15 is 0 Å². The maximum absolute atomic E-state index is 11.9. The van der Waals surface area contributed by atoms with Crippen LogP contribution in [0.5, 0.6) is 0 Å². The average molecular weight is 267 g/mol. The highest BCUT2D eigenvalue weighted by Gasteiger charge is 2.29. The van der Waals surface area contributed by atoms with Crippen molar-refractivity contribution < 1.29 is 14.7 Å². The van der Waals surface area contributed by atoms with Crippen molar-refractivity contribution in [1.29, 1.82) is 0 Å². The van der Waals surface area contributed by atoms with Gasteiger partial charge in [0.05, 0.1) is 4.88 Å². The second kappa shape index (κ2) is 5.10. The van der Waals surface area contributed by atoms with Gasteiger partial charge in [-0.15, -0.1) is 11.3 Å². The van der Waals surface area contributed by atoms with Gasteiger partial charge in [-0.25, -0.2) is 4.79 Å². The molecule has 98 valence electrons. The summed E-state index contributed by atoms with van der Waals surface area (Å²) in [5.74, 6) is -1.15. The first kappa shape index (κ1) is 13.1. The van der Waals surface area contributed by atoms with Crippen molar-refractivity contribution in [1.82, 2.24) is 5.32 Å². The highest BCUT2D eigenvalue weighted by atomic mass is 32.1. The molecule has 18 heavy (non-hydrogen) atoms. The van der Waals surface area contributed by atoms with Crippen molar-refractivity contribution >= 4 is 23.2 Å². The molecule has 0 aliphatic heterocycles. The number of carboxylic acids is 1. The summed E-state index contributed by atoms with van der Waals surface area (Å²) in [6.45, 7) is 2.86. The number of hydrogen-bond acceptors (Lipinski definition) is 3. The van der Waals surface area contributed by atoms with E-state index < -0.39 is 5.97 Å². The van der Waals surface area contributed by atoms with E-state index in [9.17, 15) is 9.59 Å². The van der Waals surface area contributed by atoms with Crippen molar-refractivity contribution in [2.75, 3.05) is 6.54 Å². The predicted octanol–water partition coefficient (Wildman–Crippen LogP) is 2.76. The van der Waals surface area contributed by atoms with Crippen LogP contribution in [0.3, 0.4) is 0 Å². The van der Waals surface area contributed by atoms with E-state index in [2.05, 4.69) is 12.2 Å². The Kier molecular flexibility index (Phi) is 3.71. The largest absolute Gasteiger partial charge is 0.477 e. The van der Waals surface area contributed by atoms with Gasteiger partial charge >= 0.3 is 5.97 Å². The fourth-order valence-electron chi connectivity index (χ4n) is 2.36. The van der Waals surface area contributed by atoms with Gasteiger partial charge in [0.1, 0.15) is 4.88 Å². The number of carbonyl (C=O) groups is 2. The van der Waals surface area contributed by atoms with Crippen molar-refractivity contribution in [3.63, 3.8) is 0 Å². The molecular weight excluding hydrogens is 250 g/mol. The Bertz CT molecular complexity index is 461. The molecule has 1 heterocycles. The molecule has 2 N–H and O–H groups in total. The second-order valence-electron chi connectivity index (χ2n) is 5.17. The average Bonchev–Trinajstić information content (AvgIpc) is 2.95. The van der Waals surface area contributed by atoms with E-state index in [4.69, 9.17) is 5.11 Å². The Balaban J connectivity index is 1.93. The number of hydrogen-bond donors (Lipinski definition) is 2. The number of rotatable bonds is 4. The standard InChI is InChI=1S/C13H17NO3S/c1-13(6-2-3-7-13)8-14-11(15)9-4-5-10(18-9)12(16)17/h4-5H,2-3,6-8H2,1H3,(H,14,15)(H,16,17). The molecule has 1 saturated carbocycles. The molecule has 0 atom stereocenters. The summed E-state index contributed by atoms with van der Waals surface area (Å²) in [4.78, 5) is 23.3. The molecule has 5 heteroatoms. The summed E-state index contributed by atoms with van der Waals surface area (Å²) in [6, 6.07) is 3.04. The third kappa shape index (κ3) is 2.90. The molecule has 0 radical (unpaired) electrons. The highest BCUT2D eigenvalue weighted by molar-refractivity contribution is 7.15. The van der Waals surface area contributed by atoms with Crippen molar-refractivity contribution in [3.8, 4) is 0 Å². The second-order valence-corrected chi connectivity index (χ2v) is 6.25. The quantitative estimate of drug-likeness (QED) is 0.881. The summed E-state index contributed by atoms with van der Waals surface area (Å²) < 4.78 is 0. The number of thiophene rings is 1. The van der Waals surface area contributed by atoms with Gasteiger partial charge in [0.2, 0.25) is 0 Å². The Morgan fingerprint density at radius 3 is 2.50 bits per heavy atom. The molecule has 2 rings (SSSR count). The van der Waals surface area contributed by atoms with Crippen LogP contribution in [0.1, 0.15) is 52.0 Å². The zero-order chi connectivity index (χ0) is 13.2. The first-order valence-electron chi connectivity index (χ1n) is 6.12. The Hall–Kier alpha value is -1.36. The molecular formula is C13H17NO3S. The molecule has 1 aromatic heterocycles. The first-order valence-corrected chi connectivity index (χ1v) is 6.93. The van der Waals surface area contributed by atoms with E-state index in [1.807, 2.05) is 0 Å². The van der Waals surface area contributed by atoms with Gasteiger partial charge in [0.15, 0.2) is 0 Å². The van der Waals surface area contributed by atoms with Crippen LogP contribution in [0.15, 0.2) is 12.1 Å². The molecule has 1 aromatic rings. The van der Waals surface area contributed by atoms with Gasteiger partial charge in [-0.1, -0.05) is 19.8 Å². The number of carboxylic acid groups (broad SMARTS) is 1. The molecule has 1 amide bonds. The highest BCUT2D eigenvalue weighted by Crippen LogP contribution is 2.36. The minimum Gasteiger partial charge on any atom is -0.477 e. The third-order valence-corrected chi connectivity index (χ3v) is 4.60. The van der Waals surface area contributed by atoms with Crippen molar-refractivity contribution in [3.05, 3.63) is 21.9 Å². The van der Waals surface area contributed by atoms with Gasteiger partial charge < -0.3 is 10.4 Å². The van der Waals surface area contributed by atoms with E-state index in [0.29, 0.717) is 11.4 Å². The SMILES string of the molecule is CC1(CNC(=O)c2ccc(C(=O)O)s2)CCCC1. The lowest BCUT2D eigenvalue weighted by Gasteiger charge is -2.23. The number of amides is 1. The van der Waals surface area contributed by atoms with E-state index in [-0.39, 0.29) is 16.2 Å². The van der Waals surface area contributed by atoms with Crippen LogP contribution < -0.4 is 5.32 Å². The molecule has 0 spiro atoms. The zero-order valence-corrected chi connectivity index (χ0v) is 11.2. The van der Waals surface area contributed by atoms with Crippen molar-refractivity contribution in [2.45, 2.75) is 32.6 Å². The molecule has 0 bridgehead atoms. The third-order valence-electron chi connectivity index (χ3n) is 3.53. The molecule has 4 nitrogen and oxygen atoms in total. The van der Waals surface area contributed by atoms with Crippen LogP contribution in [0.2, 0.25) is 0 Å². The smallest absolute Gasteiger partial charge is 0.345 e. The minimum absolute atomic E-state index is 0.166. The molecule has 0 unspecified atom stereocenters. The summed E-state index contributed by atoms with van der Waals surface area (Å²) in [5.41, 5.74) is 0.211. The van der Waals surface area contributed by atoms with Crippen LogP contribution in [-0.2, 0) is 0 Å². The van der Waals surface area contributed by atoms with Crippen LogP contribution in [0.4, 0.5) is 0 Å². The number of aromatic carboxylic acids is 1. The predicted molar refractivity (Wildman–Crippen MR) is 70.2 cm³/mol. The molecule has 1 aliphatic carbocycles. The fraction of sp³-hybridized carbons (Fsp3) is 0.538.